The molecule has 17 heavy (non-hydrogen) atoms. The van der Waals surface area contributed by atoms with E-state index in [9.17, 15) is 4.79 Å². The number of hydrogen-bond acceptors (Lipinski definition) is 3. The van der Waals surface area contributed by atoms with Crippen molar-refractivity contribution in [1.29, 1.82) is 10.5 Å². The van der Waals surface area contributed by atoms with Crippen LogP contribution in [-0.2, 0) is 4.79 Å². The Morgan fingerprint density at radius 2 is 1.94 bits per heavy atom. The molecule has 84 valence electrons. The molecule has 0 aliphatic carbocycles. The molecule has 0 fully saturated rings. The minimum atomic E-state index is -0.375. The molecule has 0 saturated carbocycles. The van der Waals surface area contributed by atoms with Crippen LogP contribution in [0, 0.1) is 22.7 Å². The van der Waals surface area contributed by atoms with Gasteiger partial charge in [0, 0.05) is 14.1 Å². The molecule has 4 heteroatoms. The second kappa shape index (κ2) is 5.48. The molecule has 0 N–H and O–H groups in total. The number of carbonyl (C=O) groups excluding carboxylic acids is 1. The van der Waals surface area contributed by atoms with E-state index >= 15 is 0 Å². The van der Waals surface area contributed by atoms with Crippen LogP contribution in [0.15, 0.2) is 29.8 Å². The lowest BCUT2D eigenvalue weighted by Crippen LogP contribution is -2.22. The van der Waals surface area contributed by atoms with Gasteiger partial charge in [0.25, 0.3) is 5.91 Å². The molecule has 0 heterocycles. The van der Waals surface area contributed by atoms with Crippen LogP contribution < -0.4 is 0 Å². The van der Waals surface area contributed by atoms with E-state index in [1.165, 1.54) is 11.0 Å². The molecule has 4 nitrogen and oxygen atoms in total. The smallest absolute Gasteiger partial charge is 0.264 e. The molecule has 0 aliphatic rings. The first-order chi connectivity index (χ1) is 8.10. The molecule has 0 radical (unpaired) electrons. The summed E-state index contributed by atoms with van der Waals surface area (Å²) in [6, 6.07) is 10.7. The summed E-state index contributed by atoms with van der Waals surface area (Å²) < 4.78 is 0. The van der Waals surface area contributed by atoms with E-state index in [1.54, 1.807) is 38.4 Å². The van der Waals surface area contributed by atoms with E-state index < -0.39 is 0 Å². The van der Waals surface area contributed by atoms with Gasteiger partial charge in [0.2, 0.25) is 0 Å². The number of benzene rings is 1. The highest BCUT2D eigenvalue weighted by Gasteiger charge is 2.11. The normalized spacial score (nSPS) is 10.2. The fourth-order valence-electron chi connectivity index (χ4n) is 1.26. The topological polar surface area (TPSA) is 67.9 Å². The lowest BCUT2D eigenvalue weighted by atomic mass is 10.1. The highest BCUT2D eigenvalue weighted by molar-refractivity contribution is 6.01. The monoisotopic (exact) mass is 225 g/mol. The molecule has 0 saturated heterocycles. The molecule has 0 spiro atoms. The molecule has 1 aromatic carbocycles. The molecular formula is C13H11N3O. The van der Waals surface area contributed by atoms with Gasteiger partial charge in [-0.25, -0.2) is 0 Å². The van der Waals surface area contributed by atoms with Gasteiger partial charge in [-0.05, 0) is 17.7 Å². The van der Waals surface area contributed by atoms with Gasteiger partial charge < -0.3 is 4.90 Å². The Hall–Kier alpha value is -2.59. The average molecular weight is 225 g/mol. The number of rotatable bonds is 2. The predicted molar refractivity (Wildman–Crippen MR) is 63.4 cm³/mol. The second-order valence-corrected chi connectivity index (χ2v) is 3.57. The van der Waals surface area contributed by atoms with Crippen molar-refractivity contribution in [2.45, 2.75) is 0 Å². The van der Waals surface area contributed by atoms with Crippen molar-refractivity contribution in [3.8, 4) is 12.1 Å². The maximum atomic E-state index is 11.6. The highest BCUT2D eigenvalue weighted by atomic mass is 16.2. The Balaban J connectivity index is 3.22. The van der Waals surface area contributed by atoms with Gasteiger partial charge in [-0.2, -0.15) is 10.5 Å². The average Bonchev–Trinajstić information content (AvgIpc) is 2.35. The standard InChI is InChI=1S/C13H11N3O/c1-16(2)13(17)12(9-15)7-10-5-3-4-6-11(10)8-14/h3-7H,1-2H3/b12-7-. The molecule has 0 bridgehead atoms. The van der Waals surface area contributed by atoms with Gasteiger partial charge in [-0.3, -0.25) is 4.79 Å². The summed E-state index contributed by atoms with van der Waals surface area (Å²) in [7, 11) is 3.15. The Morgan fingerprint density at radius 3 is 2.47 bits per heavy atom. The number of nitrogens with zero attached hydrogens (tertiary/aromatic N) is 3. The van der Waals surface area contributed by atoms with Crippen molar-refractivity contribution in [1.82, 2.24) is 4.90 Å². The second-order valence-electron chi connectivity index (χ2n) is 3.57. The number of carbonyl (C=O) groups is 1. The molecular weight excluding hydrogens is 214 g/mol. The maximum Gasteiger partial charge on any atom is 0.264 e. The first-order valence-electron chi connectivity index (χ1n) is 4.92. The third-order valence-electron chi connectivity index (χ3n) is 2.14. The minimum absolute atomic E-state index is 0.0118. The van der Waals surface area contributed by atoms with Crippen LogP contribution in [-0.4, -0.2) is 24.9 Å². The molecule has 1 aromatic rings. The van der Waals surface area contributed by atoms with Crippen molar-refractivity contribution >= 4 is 12.0 Å². The zero-order valence-corrected chi connectivity index (χ0v) is 9.64. The summed E-state index contributed by atoms with van der Waals surface area (Å²) in [5, 5.41) is 17.8. The van der Waals surface area contributed by atoms with E-state index in [1.807, 2.05) is 12.1 Å². The zero-order valence-electron chi connectivity index (χ0n) is 9.64. The Morgan fingerprint density at radius 1 is 1.29 bits per heavy atom. The number of hydrogen-bond donors (Lipinski definition) is 0. The van der Waals surface area contributed by atoms with Gasteiger partial charge >= 0.3 is 0 Å². The number of amides is 1. The van der Waals surface area contributed by atoms with Crippen LogP contribution in [0.3, 0.4) is 0 Å². The van der Waals surface area contributed by atoms with Crippen molar-refractivity contribution in [2.24, 2.45) is 0 Å². The molecule has 1 rings (SSSR count). The molecule has 0 unspecified atom stereocenters. The SMILES string of the molecule is CN(C)C(=O)/C(C#N)=C\c1ccccc1C#N. The highest BCUT2D eigenvalue weighted by Crippen LogP contribution is 2.12. The van der Waals surface area contributed by atoms with Gasteiger partial charge in [0.05, 0.1) is 11.6 Å². The van der Waals surface area contributed by atoms with Crippen LogP contribution in [0.5, 0.6) is 0 Å². The van der Waals surface area contributed by atoms with E-state index in [-0.39, 0.29) is 11.5 Å². The quantitative estimate of drug-likeness (QED) is 0.566. The summed E-state index contributed by atoms with van der Waals surface area (Å²) in [4.78, 5) is 13.0. The molecule has 0 aliphatic heterocycles. The maximum absolute atomic E-state index is 11.6. The lowest BCUT2D eigenvalue weighted by molar-refractivity contribution is -0.124. The third kappa shape index (κ3) is 2.93. The summed E-state index contributed by atoms with van der Waals surface area (Å²) >= 11 is 0. The number of likely N-dealkylation sites (N-methyl/N-ethyl adjacent to an activating group) is 1. The Bertz CT molecular complexity index is 545. The van der Waals surface area contributed by atoms with Crippen LogP contribution in [0.1, 0.15) is 11.1 Å². The summed E-state index contributed by atoms with van der Waals surface area (Å²) in [6.45, 7) is 0. The van der Waals surface area contributed by atoms with E-state index in [0.717, 1.165) is 0 Å². The summed E-state index contributed by atoms with van der Waals surface area (Å²) in [5.74, 6) is -0.375. The van der Waals surface area contributed by atoms with E-state index in [0.29, 0.717) is 11.1 Å². The summed E-state index contributed by atoms with van der Waals surface area (Å²) in [5.41, 5.74) is 1.02. The zero-order chi connectivity index (χ0) is 12.8. The summed E-state index contributed by atoms with van der Waals surface area (Å²) in [6.07, 6.45) is 1.43. The lowest BCUT2D eigenvalue weighted by Gasteiger charge is -2.08. The van der Waals surface area contributed by atoms with Gasteiger partial charge in [-0.1, -0.05) is 18.2 Å². The van der Waals surface area contributed by atoms with Crippen molar-refractivity contribution in [3.63, 3.8) is 0 Å². The van der Waals surface area contributed by atoms with Crippen molar-refractivity contribution in [3.05, 3.63) is 41.0 Å². The largest absolute Gasteiger partial charge is 0.344 e. The fourth-order valence-corrected chi connectivity index (χ4v) is 1.26. The third-order valence-corrected chi connectivity index (χ3v) is 2.14. The number of nitriles is 2. The van der Waals surface area contributed by atoms with Crippen molar-refractivity contribution in [2.75, 3.05) is 14.1 Å². The Labute approximate surface area is 100 Å². The van der Waals surface area contributed by atoms with Crippen molar-refractivity contribution < 1.29 is 4.79 Å². The van der Waals surface area contributed by atoms with Crippen LogP contribution >= 0.6 is 0 Å². The Kier molecular flexibility index (Phi) is 4.02. The van der Waals surface area contributed by atoms with Crippen LogP contribution in [0.25, 0.3) is 6.08 Å². The minimum Gasteiger partial charge on any atom is -0.344 e. The van der Waals surface area contributed by atoms with Gasteiger partial charge in [-0.15, -0.1) is 0 Å². The molecule has 0 aromatic heterocycles. The van der Waals surface area contributed by atoms with E-state index in [4.69, 9.17) is 10.5 Å². The first-order valence-corrected chi connectivity index (χ1v) is 4.92. The first kappa shape index (κ1) is 12.5. The van der Waals surface area contributed by atoms with Gasteiger partial charge in [0.1, 0.15) is 11.6 Å². The van der Waals surface area contributed by atoms with Crippen LogP contribution in [0.2, 0.25) is 0 Å². The predicted octanol–water partition coefficient (Wildman–Crippen LogP) is 1.55. The van der Waals surface area contributed by atoms with Crippen LogP contribution in [0.4, 0.5) is 0 Å². The molecule has 1 amide bonds. The van der Waals surface area contributed by atoms with E-state index in [2.05, 4.69) is 0 Å². The molecule has 0 atom stereocenters. The fraction of sp³-hybridized carbons (Fsp3) is 0.154. The van der Waals surface area contributed by atoms with Gasteiger partial charge in [0.15, 0.2) is 0 Å².